The lowest BCUT2D eigenvalue weighted by Crippen LogP contribution is -2.50. The molecule has 0 saturated carbocycles. The van der Waals surface area contributed by atoms with E-state index in [1.807, 2.05) is 0 Å². The number of hydrogen-bond donors (Lipinski definition) is 1. The fourth-order valence-corrected chi connectivity index (χ4v) is 2.92. The molecule has 0 bridgehead atoms. The van der Waals surface area contributed by atoms with Gasteiger partial charge >= 0.3 is 0 Å². The molecule has 0 radical (unpaired) electrons. The highest BCUT2D eigenvalue weighted by atomic mass is 32.1. The number of aryl methyl sites for hydroxylation is 2. The van der Waals surface area contributed by atoms with E-state index in [1.165, 1.54) is 11.1 Å². The lowest BCUT2D eigenvalue weighted by molar-refractivity contribution is 0.389. The van der Waals surface area contributed by atoms with Crippen LogP contribution in [-0.2, 0) is 0 Å². The molecule has 1 aliphatic heterocycles. The first kappa shape index (κ1) is 15.7. The Kier molecular flexibility index (Phi) is 4.71. The van der Waals surface area contributed by atoms with Crippen molar-refractivity contribution in [3.8, 4) is 0 Å². The average molecular weight is 327 g/mol. The van der Waals surface area contributed by atoms with Crippen molar-refractivity contribution >= 4 is 28.8 Å². The van der Waals surface area contributed by atoms with E-state index in [0.717, 1.165) is 42.8 Å². The second-order valence-electron chi connectivity index (χ2n) is 5.77. The highest BCUT2D eigenvalue weighted by Crippen LogP contribution is 2.16. The summed E-state index contributed by atoms with van der Waals surface area (Å²) in [6.45, 7) is 7.79. The van der Waals surface area contributed by atoms with Crippen molar-refractivity contribution in [3.63, 3.8) is 0 Å². The molecular weight excluding hydrogens is 306 g/mol. The van der Waals surface area contributed by atoms with Gasteiger partial charge in [-0.3, -0.25) is 4.98 Å². The highest BCUT2D eigenvalue weighted by Gasteiger charge is 2.20. The average Bonchev–Trinajstić information content (AvgIpc) is 2.59. The van der Waals surface area contributed by atoms with Crippen LogP contribution in [0.2, 0.25) is 0 Å². The van der Waals surface area contributed by atoms with Gasteiger partial charge in [-0.25, -0.2) is 4.98 Å². The van der Waals surface area contributed by atoms with E-state index in [4.69, 9.17) is 12.2 Å². The summed E-state index contributed by atoms with van der Waals surface area (Å²) in [5.74, 6) is 0.931. The molecule has 6 heteroatoms. The van der Waals surface area contributed by atoms with E-state index < -0.39 is 0 Å². The number of thiocarbonyl (C=S) groups is 1. The van der Waals surface area contributed by atoms with Gasteiger partial charge in [-0.1, -0.05) is 6.07 Å². The van der Waals surface area contributed by atoms with Crippen LogP contribution in [0.15, 0.2) is 36.8 Å². The molecule has 23 heavy (non-hydrogen) atoms. The van der Waals surface area contributed by atoms with E-state index in [-0.39, 0.29) is 0 Å². The lowest BCUT2D eigenvalue weighted by atomic mass is 10.1. The van der Waals surface area contributed by atoms with Gasteiger partial charge in [0.25, 0.3) is 0 Å². The first-order valence-electron chi connectivity index (χ1n) is 7.77. The van der Waals surface area contributed by atoms with Crippen LogP contribution in [-0.4, -0.2) is 46.2 Å². The normalized spacial score (nSPS) is 14.7. The first-order chi connectivity index (χ1) is 11.1. The summed E-state index contributed by atoms with van der Waals surface area (Å²) < 4.78 is 0. The fraction of sp³-hybridized carbons (Fsp3) is 0.353. The minimum absolute atomic E-state index is 0.784. The molecule has 1 N–H and O–H groups in total. The highest BCUT2D eigenvalue weighted by molar-refractivity contribution is 7.80. The summed E-state index contributed by atoms with van der Waals surface area (Å²) in [6, 6.07) is 6.33. The zero-order valence-corrected chi connectivity index (χ0v) is 14.3. The Morgan fingerprint density at radius 1 is 1.09 bits per heavy atom. The van der Waals surface area contributed by atoms with Crippen LogP contribution in [0.4, 0.5) is 11.5 Å². The number of rotatable bonds is 2. The predicted octanol–water partition coefficient (Wildman–Crippen LogP) is 2.61. The van der Waals surface area contributed by atoms with E-state index in [0.29, 0.717) is 0 Å². The number of piperazine rings is 1. The number of aromatic nitrogens is 2. The molecule has 120 valence electrons. The van der Waals surface area contributed by atoms with Crippen molar-refractivity contribution < 1.29 is 0 Å². The first-order valence-corrected chi connectivity index (χ1v) is 8.18. The molecule has 0 atom stereocenters. The third-order valence-corrected chi connectivity index (χ3v) is 4.56. The summed E-state index contributed by atoms with van der Waals surface area (Å²) in [5, 5.41) is 4.13. The fourth-order valence-electron chi connectivity index (χ4n) is 2.61. The zero-order valence-electron chi connectivity index (χ0n) is 13.5. The van der Waals surface area contributed by atoms with Crippen molar-refractivity contribution in [1.29, 1.82) is 0 Å². The summed E-state index contributed by atoms with van der Waals surface area (Å²) in [6.07, 6.45) is 5.23. The second-order valence-corrected chi connectivity index (χ2v) is 6.15. The molecule has 2 aromatic rings. The Morgan fingerprint density at radius 2 is 1.87 bits per heavy atom. The molecular formula is C17H21N5S. The summed E-state index contributed by atoms with van der Waals surface area (Å²) in [4.78, 5) is 12.9. The number of nitrogens with zero attached hydrogens (tertiary/aromatic N) is 4. The maximum absolute atomic E-state index is 5.56. The van der Waals surface area contributed by atoms with E-state index in [2.05, 4.69) is 57.1 Å². The topological polar surface area (TPSA) is 44.3 Å². The van der Waals surface area contributed by atoms with E-state index >= 15 is 0 Å². The summed E-state index contributed by atoms with van der Waals surface area (Å²) in [7, 11) is 0. The Bertz CT molecular complexity index is 681. The van der Waals surface area contributed by atoms with Crippen LogP contribution in [0.25, 0.3) is 0 Å². The lowest BCUT2D eigenvalue weighted by Gasteiger charge is -2.36. The predicted molar refractivity (Wildman–Crippen MR) is 98.0 cm³/mol. The maximum atomic E-state index is 5.56. The summed E-state index contributed by atoms with van der Waals surface area (Å²) >= 11 is 5.56. The van der Waals surface area contributed by atoms with Crippen molar-refractivity contribution in [2.24, 2.45) is 0 Å². The van der Waals surface area contributed by atoms with Crippen LogP contribution >= 0.6 is 12.2 Å². The van der Waals surface area contributed by atoms with Gasteiger partial charge < -0.3 is 15.1 Å². The quantitative estimate of drug-likeness (QED) is 0.856. The monoisotopic (exact) mass is 327 g/mol. The minimum Gasteiger partial charge on any atom is -0.352 e. The molecule has 2 heterocycles. The molecule has 5 nitrogen and oxygen atoms in total. The van der Waals surface area contributed by atoms with Crippen molar-refractivity contribution in [2.75, 3.05) is 36.4 Å². The molecule has 1 fully saturated rings. The van der Waals surface area contributed by atoms with Gasteiger partial charge in [0, 0.05) is 44.3 Å². The van der Waals surface area contributed by atoms with Crippen LogP contribution in [0.1, 0.15) is 11.1 Å². The van der Waals surface area contributed by atoms with Crippen LogP contribution < -0.4 is 10.2 Å². The minimum atomic E-state index is 0.784. The largest absolute Gasteiger partial charge is 0.352 e. The number of benzene rings is 1. The molecule has 1 aromatic heterocycles. The maximum Gasteiger partial charge on any atom is 0.173 e. The van der Waals surface area contributed by atoms with Crippen LogP contribution in [0.5, 0.6) is 0 Å². The van der Waals surface area contributed by atoms with Gasteiger partial charge in [-0.05, 0) is 49.3 Å². The molecule has 3 rings (SSSR count). The number of anilines is 2. The Morgan fingerprint density at radius 3 is 2.52 bits per heavy atom. The van der Waals surface area contributed by atoms with Gasteiger partial charge in [-0.15, -0.1) is 0 Å². The van der Waals surface area contributed by atoms with Crippen molar-refractivity contribution in [1.82, 2.24) is 14.9 Å². The molecule has 1 aromatic carbocycles. The molecule has 0 aliphatic carbocycles. The van der Waals surface area contributed by atoms with Gasteiger partial charge in [-0.2, -0.15) is 0 Å². The molecule has 1 saturated heterocycles. The van der Waals surface area contributed by atoms with Gasteiger partial charge in [0.1, 0.15) is 5.82 Å². The van der Waals surface area contributed by atoms with Crippen LogP contribution in [0.3, 0.4) is 0 Å². The zero-order chi connectivity index (χ0) is 16.2. The van der Waals surface area contributed by atoms with E-state index in [9.17, 15) is 0 Å². The standard InChI is InChI=1S/C17H21N5S/c1-13-3-4-15(11-14(13)2)20-17(23)22-9-7-21(8-10-22)16-12-18-5-6-19-16/h3-6,11-12H,7-10H2,1-2H3,(H,20,23). The number of hydrogen-bond acceptors (Lipinski definition) is 4. The van der Waals surface area contributed by atoms with Gasteiger partial charge in [0.05, 0.1) is 6.20 Å². The Labute approximate surface area is 142 Å². The van der Waals surface area contributed by atoms with Gasteiger partial charge in [0.15, 0.2) is 5.11 Å². The van der Waals surface area contributed by atoms with Crippen LogP contribution in [0, 0.1) is 13.8 Å². The second kappa shape index (κ2) is 6.91. The SMILES string of the molecule is Cc1ccc(NC(=S)N2CCN(c3cnccn3)CC2)cc1C. The Balaban J connectivity index is 1.57. The molecule has 0 amide bonds. The Hall–Kier alpha value is -2.21. The van der Waals surface area contributed by atoms with Crippen molar-refractivity contribution in [2.45, 2.75) is 13.8 Å². The van der Waals surface area contributed by atoms with Gasteiger partial charge in [0.2, 0.25) is 0 Å². The van der Waals surface area contributed by atoms with Crippen molar-refractivity contribution in [3.05, 3.63) is 47.9 Å². The smallest absolute Gasteiger partial charge is 0.173 e. The number of nitrogens with one attached hydrogen (secondary N) is 1. The van der Waals surface area contributed by atoms with E-state index in [1.54, 1.807) is 18.6 Å². The third kappa shape index (κ3) is 3.76. The molecule has 1 aliphatic rings. The third-order valence-electron chi connectivity index (χ3n) is 4.20. The molecule has 0 unspecified atom stereocenters. The summed E-state index contributed by atoms with van der Waals surface area (Å²) in [5.41, 5.74) is 3.61. The molecule has 0 spiro atoms.